The molecule has 1 atom stereocenters. The summed E-state index contributed by atoms with van der Waals surface area (Å²) in [5.41, 5.74) is 0.725. The maximum atomic E-state index is 11.5. The summed E-state index contributed by atoms with van der Waals surface area (Å²) in [4.78, 5) is 13.0. The number of urea groups is 1. The predicted molar refractivity (Wildman–Crippen MR) is 66.3 cm³/mol. The van der Waals surface area contributed by atoms with Gasteiger partial charge in [-0.2, -0.15) is 0 Å². The van der Waals surface area contributed by atoms with Crippen molar-refractivity contribution in [3.63, 3.8) is 0 Å². The molecule has 0 aliphatic carbocycles. The molecular weight excluding hydrogens is 234 g/mol. The van der Waals surface area contributed by atoms with Gasteiger partial charge in [-0.1, -0.05) is 12.1 Å². The second-order valence-corrected chi connectivity index (χ2v) is 3.94. The van der Waals surface area contributed by atoms with E-state index in [1.165, 1.54) is 12.0 Å². The summed E-state index contributed by atoms with van der Waals surface area (Å²) in [6, 6.07) is 4.63. The van der Waals surface area contributed by atoms with Gasteiger partial charge < -0.3 is 14.4 Å². The van der Waals surface area contributed by atoms with Gasteiger partial charge in [0.05, 0.1) is 14.2 Å². The van der Waals surface area contributed by atoms with Gasteiger partial charge in [0.2, 0.25) is 0 Å². The van der Waals surface area contributed by atoms with Gasteiger partial charge in [0, 0.05) is 12.6 Å². The van der Waals surface area contributed by atoms with Crippen LogP contribution >= 0.6 is 0 Å². The first-order valence-corrected chi connectivity index (χ1v) is 5.43. The van der Waals surface area contributed by atoms with Crippen LogP contribution in [0.1, 0.15) is 11.6 Å². The number of nitrogens with zero attached hydrogens (tertiary/aromatic N) is 1. The lowest BCUT2D eigenvalue weighted by molar-refractivity contribution is 0.216. The number of ether oxygens (including phenoxy) is 2. The minimum atomic E-state index is -0.470. The summed E-state index contributed by atoms with van der Waals surface area (Å²) in [6.07, 6.45) is 0. The summed E-state index contributed by atoms with van der Waals surface area (Å²) in [5.74, 6) is 1.25. The number of rotatable bonds is 3. The number of carbonyl (C=O) groups excluding carboxylic acids is 1. The predicted octanol–water partition coefficient (Wildman–Crippen LogP) is 1.38. The quantitative estimate of drug-likeness (QED) is 0.849. The van der Waals surface area contributed by atoms with Crippen LogP contribution in [0.15, 0.2) is 18.2 Å². The summed E-state index contributed by atoms with van der Waals surface area (Å²) in [6.45, 7) is 0. The Morgan fingerprint density at radius 3 is 2.56 bits per heavy atom. The summed E-state index contributed by atoms with van der Waals surface area (Å²) in [7, 11) is 4.73. The maximum Gasteiger partial charge on any atom is 0.323 e. The van der Waals surface area contributed by atoms with Gasteiger partial charge >= 0.3 is 6.03 Å². The Morgan fingerprint density at radius 1 is 1.33 bits per heavy atom. The van der Waals surface area contributed by atoms with Crippen LogP contribution in [0, 0.1) is 5.41 Å². The van der Waals surface area contributed by atoms with Crippen molar-refractivity contribution >= 4 is 11.9 Å². The number of para-hydroxylation sites is 1. The molecule has 1 heterocycles. The molecule has 0 radical (unpaired) electrons. The smallest absolute Gasteiger partial charge is 0.323 e. The van der Waals surface area contributed by atoms with Gasteiger partial charge in [-0.3, -0.25) is 10.7 Å². The topological polar surface area (TPSA) is 74.7 Å². The molecule has 1 unspecified atom stereocenters. The molecular formula is C12H15N3O3. The zero-order valence-corrected chi connectivity index (χ0v) is 10.5. The van der Waals surface area contributed by atoms with E-state index in [-0.39, 0.29) is 11.9 Å². The highest BCUT2D eigenvalue weighted by atomic mass is 16.5. The lowest BCUT2D eigenvalue weighted by atomic mass is 10.0. The van der Waals surface area contributed by atoms with E-state index in [0.29, 0.717) is 11.5 Å². The molecule has 2 amide bonds. The van der Waals surface area contributed by atoms with E-state index in [2.05, 4.69) is 5.32 Å². The van der Waals surface area contributed by atoms with Crippen molar-refractivity contribution in [1.29, 1.82) is 5.41 Å². The van der Waals surface area contributed by atoms with E-state index in [1.807, 2.05) is 6.07 Å². The number of amidine groups is 1. The molecule has 2 N–H and O–H groups in total. The first-order chi connectivity index (χ1) is 8.60. The molecule has 6 heteroatoms. The fourth-order valence-corrected chi connectivity index (χ4v) is 2.07. The van der Waals surface area contributed by atoms with Crippen molar-refractivity contribution in [2.75, 3.05) is 21.3 Å². The van der Waals surface area contributed by atoms with E-state index in [0.717, 1.165) is 5.56 Å². The summed E-state index contributed by atoms with van der Waals surface area (Å²) in [5, 5.41) is 10.3. The molecule has 2 rings (SSSR count). The minimum absolute atomic E-state index is 0.133. The molecule has 0 bridgehead atoms. The van der Waals surface area contributed by atoms with Crippen molar-refractivity contribution in [1.82, 2.24) is 10.2 Å². The molecule has 1 aliphatic heterocycles. The minimum Gasteiger partial charge on any atom is -0.493 e. The van der Waals surface area contributed by atoms with E-state index >= 15 is 0 Å². The van der Waals surface area contributed by atoms with Crippen LogP contribution in [0.25, 0.3) is 0 Å². The highest BCUT2D eigenvalue weighted by Crippen LogP contribution is 2.37. The molecule has 0 spiro atoms. The standard InChI is InChI=1S/C12H15N3O3/c1-15-9(11(13)14-12(15)16)7-5-4-6-8(17-2)10(7)18-3/h4-6,9H,1-3H3,(H2,13,14,16). The normalized spacial score (nSPS) is 18.8. The molecule has 1 fully saturated rings. The van der Waals surface area contributed by atoms with Crippen LogP contribution in [0.3, 0.4) is 0 Å². The van der Waals surface area contributed by atoms with E-state index in [1.54, 1.807) is 26.3 Å². The highest BCUT2D eigenvalue weighted by molar-refractivity contribution is 6.06. The van der Waals surface area contributed by atoms with Crippen molar-refractivity contribution in [3.8, 4) is 11.5 Å². The molecule has 1 aliphatic rings. The molecule has 6 nitrogen and oxygen atoms in total. The first kappa shape index (κ1) is 12.2. The average Bonchev–Trinajstić information content (AvgIpc) is 2.62. The van der Waals surface area contributed by atoms with Crippen LogP contribution in [-0.2, 0) is 0 Å². The van der Waals surface area contributed by atoms with Crippen molar-refractivity contribution < 1.29 is 14.3 Å². The number of methoxy groups -OCH3 is 2. The van der Waals surface area contributed by atoms with Crippen LogP contribution < -0.4 is 14.8 Å². The average molecular weight is 249 g/mol. The lowest BCUT2D eigenvalue weighted by Gasteiger charge is -2.21. The lowest BCUT2D eigenvalue weighted by Crippen LogP contribution is -2.25. The molecule has 96 valence electrons. The van der Waals surface area contributed by atoms with Gasteiger partial charge in [-0.15, -0.1) is 0 Å². The van der Waals surface area contributed by atoms with Gasteiger partial charge in [-0.05, 0) is 6.07 Å². The van der Waals surface area contributed by atoms with Crippen LogP contribution in [0.2, 0.25) is 0 Å². The number of nitrogens with one attached hydrogen (secondary N) is 2. The highest BCUT2D eigenvalue weighted by Gasteiger charge is 2.36. The van der Waals surface area contributed by atoms with Crippen LogP contribution in [-0.4, -0.2) is 38.0 Å². The monoisotopic (exact) mass is 249 g/mol. The number of benzene rings is 1. The Morgan fingerprint density at radius 2 is 2.06 bits per heavy atom. The third-order valence-corrected chi connectivity index (χ3v) is 2.95. The van der Waals surface area contributed by atoms with Crippen molar-refractivity contribution in [2.24, 2.45) is 0 Å². The zero-order valence-electron chi connectivity index (χ0n) is 10.5. The molecule has 0 saturated carbocycles. The number of hydrogen-bond acceptors (Lipinski definition) is 4. The Kier molecular flexibility index (Phi) is 3.10. The number of amides is 2. The van der Waals surface area contributed by atoms with E-state index in [9.17, 15) is 4.79 Å². The number of hydrogen-bond donors (Lipinski definition) is 2. The Bertz CT molecular complexity index is 501. The second kappa shape index (κ2) is 4.56. The van der Waals surface area contributed by atoms with Crippen LogP contribution in [0.4, 0.5) is 4.79 Å². The third-order valence-electron chi connectivity index (χ3n) is 2.95. The summed E-state index contributed by atoms with van der Waals surface area (Å²) >= 11 is 0. The molecule has 18 heavy (non-hydrogen) atoms. The summed E-state index contributed by atoms with van der Waals surface area (Å²) < 4.78 is 10.5. The van der Waals surface area contributed by atoms with Gasteiger partial charge in [0.25, 0.3) is 0 Å². The Labute approximate surface area is 105 Å². The number of likely N-dealkylation sites (N-methyl/N-ethyl adjacent to an activating group) is 1. The van der Waals surface area contributed by atoms with Gasteiger partial charge in [-0.25, -0.2) is 4.79 Å². The fraction of sp³-hybridized carbons (Fsp3) is 0.333. The Balaban J connectivity index is 2.51. The molecule has 0 aromatic heterocycles. The number of carbonyl (C=O) groups is 1. The van der Waals surface area contributed by atoms with E-state index in [4.69, 9.17) is 14.9 Å². The largest absolute Gasteiger partial charge is 0.493 e. The molecule has 1 aromatic rings. The van der Waals surface area contributed by atoms with Gasteiger partial charge in [0.15, 0.2) is 11.5 Å². The Hall–Kier alpha value is -2.24. The molecule has 1 saturated heterocycles. The van der Waals surface area contributed by atoms with Crippen molar-refractivity contribution in [3.05, 3.63) is 23.8 Å². The SMILES string of the molecule is COc1cccc(C2C(=N)NC(=O)N2C)c1OC. The second-order valence-electron chi connectivity index (χ2n) is 3.94. The molecule has 1 aromatic carbocycles. The first-order valence-electron chi connectivity index (χ1n) is 5.43. The maximum absolute atomic E-state index is 11.5. The van der Waals surface area contributed by atoms with Crippen molar-refractivity contribution in [2.45, 2.75) is 6.04 Å². The van der Waals surface area contributed by atoms with Crippen LogP contribution in [0.5, 0.6) is 11.5 Å². The van der Waals surface area contributed by atoms with Gasteiger partial charge in [0.1, 0.15) is 11.9 Å². The van der Waals surface area contributed by atoms with E-state index < -0.39 is 6.04 Å². The zero-order chi connectivity index (χ0) is 13.3. The third kappa shape index (κ3) is 1.75. The fourth-order valence-electron chi connectivity index (χ4n) is 2.07.